The van der Waals surface area contributed by atoms with Gasteiger partial charge in [0.05, 0.1) is 17.5 Å². The largest absolute Gasteiger partial charge is 0.481 e. The summed E-state index contributed by atoms with van der Waals surface area (Å²) in [5, 5.41) is 25.5. The number of aryl methyl sites for hydroxylation is 2. The third kappa shape index (κ3) is 1.67. The normalized spacial score (nSPS) is 11.7. The van der Waals surface area contributed by atoms with Gasteiger partial charge in [-0.1, -0.05) is 12.1 Å². The van der Waals surface area contributed by atoms with E-state index in [0.29, 0.717) is 23.5 Å². The van der Waals surface area contributed by atoms with Crippen LogP contribution in [0.4, 0.5) is 0 Å². The van der Waals surface area contributed by atoms with Gasteiger partial charge in [0.2, 0.25) is 11.3 Å². The van der Waals surface area contributed by atoms with Crippen molar-refractivity contribution in [1.82, 2.24) is 29.2 Å². The summed E-state index contributed by atoms with van der Waals surface area (Å²) in [6, 6.07) is 7.79. The number of fused-ring (bicyclic) bond motifs is 6. The number of hydrogen-bond acceptors (Lipinski definition) is 5. The molecule has 1 aromatic carbocycles. The molecule has 4 aromatic rings. The van der Waals surface area contributed by atoms with Crippen molar-refractivity contribution in [3.8, 4) is 0 Å². The molecule has 0 aliphatic carbocycles. The van der Waals surface area contributed by atoms with Crippen LogP contribution in [0.15, 0.2) is 24.3 Å². The third-order valence-electron chi connectivity index (χ3n) is 3.68. The maximum atomic E-state index is 10.8. The average molecular weight is 296 g/mol. The fourth-order valence-electron chi connectivity index (χ4n) is 2.73. The molecule has 110 valence electrons. The van der Waals surface area contributed by atoms with Crippen LogP contribution in [-0.2, 0) is 11.2 Å². The minimum absolute atomic E-state index is 0.00597. The van der Waals surface area contributed by atoms with Crippen LogP contribution in [0.25, 0.3) is 22.3 Å². The first-order valence-electron chi connectivity index (χ1n) is 6.85. The molecule has 0 aliphatic rings. The van der Waals surface area contributed by atoms with Crippen molar-refractivity contribution >= 4 is 28.3 Å². The second-order valence-electron chi connectivity index (χ2n) is 5.06. The highest BCUT2D eigenvalue weighted by molar-refractivity contribution is 5.85. The van der Waals surface area contributed by atoms with Crippen molar-refractivity contribution in [1.29, 1.82) is 0 Å². The van der Waals surface area contributed by atoms with E-state index >= 15 is 0 Å². The van der Waals surface area contributed by atoms with Gasteiger partial charge in [-0.15, -0.1) is 20.4 Å². The molecular weight excluding hydrogens is 284 g/mol. The quantitative estimate of drug-likeness (QED) is 0.611. The number of nitrogens with zero attached hydrogens (tertiary/aromatic N) is 6. The highest BCUT2D eigenvalue weighted by Gasteiger charge is 2.17. The predicted molar refractivity (Wildman–Crippen MR) is 77.7 cm³/mol. The van der Waals surface area contributed by atoms with Crippen molar-refractivity contribution < 1.29 is 9.90 Å². The fourth-order valence-corrected chi connectivity index (χ4v) is 2.73. The number of rotatable bonds is 3. The maximum absolute atomic E-state index is 10.8. The lowest BCUT2D eigenvalue weighted by Gasteiger charge is -2.07. The van der Waals surface area contributed by atoms with Crippen LogP contribution in [0.3, 0.4) is 0 Å². The van der Waals surface area contributed by atoms with Gasteiger partial charge >= 0.3 is 5.97 Å². The van der Waals surface area contributed by atoms with Gasteiger partial charge in [0.25, 0.3) is 0 Å². The number of hydrogen-bond donors (Lipinski definition) is 1. The summed E-state index contributed by atoms with van der Waals surface area (Å²) in [5.41, 5.74) is 3.03. The summed E-state index contributed by atoms with van der Waals surface area (Å²) in [6.07, 6.45) is 0.315. The lowest BCUT2D eigenvalue weighted by atomic mass is 10.2. The first kappa shape index (κ1) is 12.7. The van der Waals surface area contributed by atoms with Crippen LogP contribution in [0.1, 0.15) is 18.1 Å². The molecule has 0 bridgehead atoms. The molecular formula is C14H12N6O2. The summed E-state index contributed by atoms with van der Waals surface area (Å²) >= 11 is 0. The van der Waals surface area contributed by atoms with Gasteiger partial charge in [-0.2, -0.15) is 0 Å². The second kappa shape index (κ2) is 4.48. The Kier molecular flexibility index (Phi) is 2.59. The third-order valence-corrected chi connectivity index (χ3v) is 3.68. The number of para-hydroxylation sites is 2. The van der Waals surface area contributed by atoms with Gasteiger partial charge in [-0.3, -0.25) is 13.6 Å². The monoisotopic (exact) mass is 296 g/mol. The van der Waals surface area contributed by atoms with E-state index in [1.54, 1.807) is 0 Å². The lowest BCUT2D eigenvalue weighted by molar-refractivity contribution is -0.137. The van der Waals surface area contributed by atoms with Gasteiger partial charge < -0.3 is 5.11 Å². The molecule has 1 N–H and O–H groups in total. The molecule has 0 spiro atoms. The Balaban J connectivity index is 2.13. The molecule has 0 aliphatic heterocycles. The van der Waals surface area contributed by atoms with Crippen LogP contribution in [-0.4, -0.2) is 40.3 Å². The maximum Gasteiger partial charge on any atom is 0.303 e. The minimum atomic E-state index is -0.861. The number of carbonyl (C=O) groups is 1. The zero-order chi connectivity index (χ0) is 15.3. The molecule has 0 saturated heterocycles. The first-order valence-corrected chi connectivity index (χ1v) is 6.85. The van der Waals surface area contributed by atoms with Crippen molar-refractivity contribution in [2.24, 2.45) is 0 Å². The topological polar surface area (TPSA) is 97.7 Å². The molecule has 0 fully saturated rings. The molecule has 0 saturated carbocycles. The summed E-state index contributed by atoms with van der Waals surface area (Å²) < 4.78 is 3.79. The van der Waals surface area contributed by atoms with Gasteiger partial charge in [0.15, 0.2) is 0 Å². The molecule has 8 nitrogen and oxygen atoms in total. The van der Waals surface area contributed by atoms with E-state index < -0.39 is 5.97 Å². The molecule has 0 amide bonds. The Hall–Kier alpha value is -3.03. The summed E-state index contributed by atoms with van der Waals surface area (Å²) in [7, 11) is 0. The van der Waals surface area contributed by atoms with Crippen LogP contribution in [0.5, 0.6) is 0 Å². The Morgan fingerprint density at radius 2 is 1.68 bits per heavy atom. The Morgan fingerprint density at radius 1 is 1.05 bits per heavy atom. The van der Waals surface area contributed by atoms with Crippen molar-refractivity contribution in [3.63, 3.8) is 0 Å². The molecule has 0 atom stereocenters. The zero-order valence-corrected chi connectivity index (χ0v) is 11.8. The Labute approximate surface area is 124 Å². The van der Waals surface area contributed by atoms with Gasteiger partial charge in [0, 0.05) is 6.42 Å². The van der Waals surface area contributed by atoms with Crippen molar-refractivity contribution in [2.75, 3.05) is 0 Å². The highest BCUT2D eigenvalue weighted by Crippen LogP contribution is 2.22. The van der Waals surface area contributed by atoms with E-state index in [2.05, 4.69) is 20.4 Å². The molecule has 8 heteroatoms. The van der Waals surface area contributed by atoms with Gasteiger partial charge in [-0.25, -0.2) is 0 Å². The molecule has 3 heterocycles. The SMILES string of the molecule is Cc1nnc2c3nnc(CCC(=O)O)n3c3ccccc3n12. The lowest BCUT2D eigenvalue weighted by Crippen LogP contribution is -2.04. The molecule has 0 radical (unpaired) electrons. The van der Waals surface area contributed by atoms with E-state index in [1.165, 1.54) is 0 Å². The second-order valence-corrected chi connectivity index (χ2v) is 5.06. The zero-order valence-electron chi connectivity index (χ0n) is 11.8. The minimum Gasteiger partial charge on any atom is -0.481 e. The smallest absolute Gasteiger partial charge is 0.303 e. The summed E-state index contributed by atoms with van der Waals surface area (Å²) in [6.45, 7) is 1.88. The van der Waals surface area contributed by atoms with Crippen molar-refractivity contribution in [3.05, 3.63) is 35.9 Å². The fraction of sp³-hybridized carbons (Fsp3) is 0.214. The Morgan fingerprint density at radius 3 is 2.41 bits per heavy atom. The number of carboxylic acid groups (broad SMARTS) is 1. The first-order chi connectivity index (χ1) is 10.7. The molecule has 3 aromatic heterocycles. The van der Waals surface area contributed by atoms with Crippen LogP contribution >= 0.6 is 0 Å². The van der Waals surface area contributed by atoms with Crippen LogP contribution in [0, 0.1) is 6.92 Å². The van der Waals surface area contributed by atoms with Gasteiger partial charge in [-0.05, 0) is 19.1 Å². The molecule has 0 unspecified atom stereocenters. The molecule has 4 rings (SSSR count). The number of benzene rings is 1. The standard InChI is InChI=1S/C14H12N6O2/c1-8-15-17-13-14-18-16-11(6-7-12(21)22)20(14)10-5-3-2-4-9(10)19(8)13/h2-5H,6-7H2,1H3,(H,21,22). The number of carboxylic acids is 1. The number of aliphatic carboxylic acids is 1. The van der Waals surface area contributed by atoms with E-state index in [-0.39, 0.29) is 6.42 Å². The van der Waals surface area contributed by atoms with Gasteiger partial charge in [0.1, 0.15) is 11.6 Å². The predicted octanol–water partition coefficient (Wildman–Crippen LogP) is 1.25. The number of aromatic nitrogens is 6. The van der Waals surface area contributed by atoms with Crippen LogP contribution in [0.2, 0.25) is 0 Å². The van der Waals surface area contributed by atoms with E-state index in [9.17, 15) is 4.79 Å². The van der Waals surface area contributed by atoms with Crippen molar-refractivity contribution in [2.45, 2.75) is 19.8 Å². The van der Waals surface area contributed by atoms with E-state index in [4.69, 9.17) is 5.11 Å². The molecule has 22 heavy (non-hydrogen) atoms. The van der Waals surface area contributed by atoms with Crippen LogP contribution < -0.4 is 0 Å². The highest BCUT2D eigenvalue weighted by atomic mass is 16.4. The summed E-state index contributed by atoms with van der Waals surface area (Å²) in [5.74, 6) is 0.515. The summed E-state index contributed by atoms with van der Waals surface area (Å²) in [4.78, 5) is 10.8. The van der Waals surface area contributed by atoms with E-state index in [1.807, 2.05) is 40.0 Å². The average Bonchev–Trinajstić information content (AvgIpc) is 3.09. The Bertz CT molecular complexity index is 1030. The van der Waals surface area contributed by atoms with E-state index in [0.717, 1.165) is 16.9 Å².